The minimum atomic E-state index is -1.95. The van der Waals surface area contributed by atoms with E-state index >= 15 is 0 Å². The summed E-state index contributed by atoms with van der Waals surface area (Å²) >= 11 is 0. The summed E-state index contributed by atoms with van der Waals surface area (Å²) in [5.74, 6) is -6.22. The molecule has 2 aliphatic rings. The number of rotatable bonds is 2. The van der Waals surface area contributed by atoms with Crippen molar-refractivity contribution in [1.82, 2.24) is 9.38 Å². The second-order valence-corrected chi connectivity index (χ2v) is 15.1. The molecule has 56 heavy (non-hydrogen) atoms. The van der Waals surface area contributed by atoms with Crippen molar-refractivity contribution in [2.24, 2.45) is 17.8 Å². The van der Waals surface area contributed by atoms with Crippen LogP contribution in [-0.2, 0) is 23.8 Å². The Balaban J connectivity index is 1.57. The highest BCUT2D eigenvalue weighted by atomic mass is 16.7. The molecular weight excluding hydrogens is 722 g/mol. The van der Waals surface area contributed by atoms with Crippen LogP contribution in [0.1, 0.15) is 69.4 Å². The van der Waals surface area contributed by atoms with Crippen molar-refractivity contribution in [1.29, 1.82) is 0 Å². The maximum Gasteiger partial charge on any atom is 0.312 e. The van der Waals surface area contributed by atoms with Crippen LogP contribution in [0.2, 0.25) is 0 Å². The van der Waals surface area contributed by atoms with Crippen LogP contribution in [-0.4, -0.2) is 84.8 Å². The average Bonchev–Trinajstić information content (AvgIpc) is 3.65. The van der Waals surface area contributed by atoms with Crippen LogP contribution < -0.4 is 10.1 Å². The highest BCUT2D eigenvalue weighted by molar-refractivity contribution is 6.28. The molecule has 4 bridgehead atoms. The number of nitrogens with one attached hydrogen (secondary N) is 1. The zero-order valence-corrected chi connectivity index (χ0v) is 32.9. The number of imidazole rings is 1. The van der Waals surface area contributed by atoms with Gasteiger partial charge in [0, 0.05) is 67.9 Å². The molecular formula is C42H49N3O11. The molecule has 1 amide bonds. The lowest BCUT2D eigenvalue weighted by Crippen LogP contribution is -2.40. The van der Waals surface area contributed by atoms with Crippen LogP contribution in [0.25, 0.3) is 27.5 Å². The normalized spacial score (nSPS) is 29.8. The second-order valence-electron chi connectivity index (χ2n) is 15.1. The second kappa shape index (κ2) is 15.2. The molecule has 6 rings (SSSR count). The van der Waals surface area contributed by atoms with E-state index in [1.807, 2.05) is 13.0 Å². The fourth-order valence-electron chi connectivity index (χ4n) is 7.56. The number of esters is 1. The summed E-state index contributed by atoms with van der Waals surface area (Å²) in [7, 11) is 1.45. The standard InChI is InChI=1S/C42H49N3O11/c1-19-13-15-45-29(17-19)43-33-30-31-37(49)24(6)39-32(30)40(51)42(8,56-39)54-16-14-27(53-9)23(5)28(55-25(7)46)18-26(47)22(4)36(48)20(2)11-10-12-21(3)41(52)44-34(35(33)45)38(31)50/h10-17,20,22-23,26-28,36,47-50H,18H2,1-9H3,(H,44,52)/b11-10+,16-14+,21-12-/t20-,22-,23+,26-,27-,28-,36-,42-/m0/s1. The lowest BCUT2D eigenvalue weighted by atomic mass is 9.84. The molecule has 0 saturated heterocycles. The molecule has 2 aromatic heterocycles. The number of aryl methyl sites for hydroxylation is 1. The molecule has 0 radical (unpaired) electrons. The maximum atomic E-state index is 14.5. The van der Waals surface area contributed by atoms with Gasteiger partial charge in [-0.25, -0.2) is 4.98 Å². The average molecular weight is 772 g/mol. The number of pyridine rings is 1. The molecule has 14 nitrogen and oxygen atoms in total. The van der Waals surface area contributed by atoms with E-state index in [4.69, 9.17) is 23.9 Å². The number of phenols is 2. The molecule has 0 saturated carbocycles. The van der Waals surface area contributed by atoms with E-state index in [9.17, 15) is 34.8 Å². The van der Waals surface area contributed by atoms with Gasteiger partial charge < -0.3 is 44.7 Å². The number of ether oxygens (including phenoxy) is 4. The van der Waals surface area contributed by atoms with E-state index in [1.165, 1.54) is 40.2 Å². The summed E-state index contributed by atoms with van der Waals surface area (Å²) in [5, 5.41) is 49.0. The number of methoxy groups -OCH3 is 1. The Kier molecular flexibility index (Phi) is 11.0. The van der Waals surface area contributed by atoms with Gasteiger partial charge in [-0.1, -0.05) is 39.0 Å². The SMILES string of the molecule is CO[C@H]1/C=C/O[C@@]2(C)Oc3c(C)c(O)c4c(O)c(c5c(nc6cc(C)ccn65)c4c3C2=O)NC(=O)/C(C)=C\C=C\[C@H](C)[C@H](O)[C@@H](C)[C@@H](O)C[C@H](OC(C)=O)[C@@H]1C. The van der Waals surface area contributed by atoms with Crippen LogP contribution in [0.3, 0.4) is 0 Å². The Hall–Kier alpha value is -5.44. The number of anilines is 1. The van der Waals surface area contributed by atoms with Gasteiger partial charge in [0.25, 0.3) is 11.7 Å². The first-order valence-corrected chi connectivity index (χ1v) is 18.5. The third-order valence-electron chi connectivity index (χ3n) is 11.1. The predicted octanol–water partition coefficient (Wildman–Crippen LogP) is 5.91. The van der Waals surface area contributed by atoms with Gasteiger partial charge in [-0.2, -0.15) is 0 Å². The Morgan fingerprint density at radius 3 is 2.45 bits per heavy atom. The van der Waals surface area contributed by atoms with Gasteiger partial charge in [0.05, 0.1) is 35.5 Å². The first-order chi connectivity index (χ1) is 26.4. The highest BCUT2D eigenvalue weighted by Gasteiger charge is 2.49. The molecule has 14 heteroatoms. The number of aliphatic hydroxyl groups is 2. The van der Waals surface area contributed by atoms with Crippen LogP contribution in [0.5, 0.6) is 17.2 Å². The van der Waals surface area contributed by atoms with Gasteiger partial charge in [0.1, 0.15) is 40.0 Å². The number of benzene rings is 2. The zero-order chi connectivity index (χ0) is 41.0. The van der Waals surface area contributed by atoms with Crippen LogP contribution >= 0.6 is 0 Å². The first kappa shape index (κ1) is 40.2. The molecule has 298 valence electrons. The van der Waals surface area contributed by atoms with E-state index in [-0.39, 0.29) is 62.1 Å². The van der Waals surface area contributed by atoms with Gasteiger partial charge >= 0.3 is 11.8 Å². The Labute approximate surface area is 324 Å². The molecule has 0 spiro atoms. The molecule has 4 heterocycles. The number of hydrogen-bond acceptors (Lipinski definition) is 12. The Morgan fingerprint density at radius 1 is 1.05 bits per heavy atom. The van der Waals surface area contributed by atoms with Crippen molar-refractivity contribution in [2.45, 2.75) is 92.0 Å². The molecule has 0 fully saturated rings. The van der Waals surface area contributed by atoms with E-state index < -0.39 is 71.4 Å². The number of carbonyl (C=O) groups is 3. The van der Waals surface area contributed by atoms with Crippen molar-refractivity contribution < 1.29 is 53.8 Å². The van der Waals surface area contributed by atoms with Gasteiger partial charge in [-0.05, 0) is 44.5 Å². The van der Waals surface area contributed by atoms with Crippen LogP contribution in [0, 0.1) is 31.6 Å². The summed E-state index contributed by atoms with van der Waals surface area (Å²) in [6, 6.07) is 3.64. The molecule has 4 aromatic rings. The number of ketones is 1. The minimum Gasteiger partial charge on any atom is -0.507 e. The number of aromatic nitrogens is 2. The van der Waals surface area contributed by atoms with E-state index in [1.54, 1.807) is 62.6 Å². The molecule has 2 aromatic carbocycles. The summed E-state index contributed by atoms with van der Waals surface area (Å²) in [5.41, 5.74) is 2.19. The number of allylic oxidation sites excluding steroid dienone is 2. The van der Waals surface area contributed by atoms with Crippen LogP contribution in [0.4, 0.5) is 5.69 Å². The summed E-state index contributed by atoms with van der Waals surface area (Å²) in [6.45, 7) is 12.9. The lowest BCUT2D eigenvalue weighted by Gasteiger charge is -2.33. The number of nitrogens with zero attached hydrogens (tertiary/aromatic N) is 2. The predicted molar refractivity (Wildman–Crippen MR) is 209 cm³/mol. The van der Waals surface area contributed by atoms with Crippen LogP contribution in [0.15, 0.2) is 54.5 Å². The quantitative estimate of drug-likeness (QED) is 0.119. The largest absolute Gasteiger partial charge is 0.507 e. The molecule has 5 N–H and O–H groups in total. The molecule has 0 unspecified atom stereocenters. The van der Waals surface area contributed by atoms with Gasteiger partial charge in [-0.3, -0.25) is 18.8 Å². The van der Waals surface area contributed by atoms with Crippen molar-refractivity contribution in [3.63, 3.8) is 0 Å². The zero-order valence-electron chi connectivity index (χ0n) is 32.9. The topological polar surface area (TPSA) is 198 Å². The summed E-state index contributed by atoms with van der Waals surface area (Å²) in [6.07, 6.45) is 5.68. The summed E-state index contributed by atoms with van der Waals surface area (Å²) in [4.78, 5) is 45.3. The Bertz CT molecular complexity index is 2340. The fourth-order valence-corrected chi connectivity index (χ4v) is 7.56. The van der Waals surface area contributed by atoms with Gasteiger partial charge in [-0.15, -0.1) is 0 Å². The van der Waals surface area contributed by atoms with Crippen molar-refractivity contribution >= 4 is 50.8 Å². The number of fused-ring (bicyclic) bond motifs is 2. The van der Waals surface area contributed by atoms with Crippen molar-refractivity contribution in [3.8, 4) is 17.2 Å². The van der Waals surface area contributed by atoms with Gasteiger partial charge in [0.2, 0.25) is 0 Å². The Morgan fingerprint density at radius 2 is 1.77 bits per heavy atom. The number of Topliss-reactive ketones (excluding diaryl/α,β-unsaturated/α-hetero) is 1. The third-order valence-corrected chi connectivity index (χ3v) is 11.1. The molecule has 2 aliphatic heterocycles. The monoisotopic (exact) mass is 771 g/mol. The lowest BCUT2D eigenvalue weighted by molar-refractivity contribution is -0.154. The fraction of sp³-hybridized carbons (Fsp3) is 0.429. The molecule has 8 atom stereocenters. The number of hydrogen-bond donors (Lipinski definition) is 5. The number of phenolic OH excluding ortho intramolecular Hbond substituents is 2. The first-order valence-electron chi connectivity index (χ1n) is 18.5. The maximum absolute atomic E-state index is 14.5. The molecule has 0 aliphatic carbocycles. The number of amides is 1. The smallest absolute Gasteiger partial charge is 0.312 e. The number of carbonyl (C=O) groups excluding carboxylic acids is 3. The number of aromatic hydroxyl groups is 2. The van der Waals surface area contributed by atoms with Crippen molar-refractivity contribution in [3.05, 3.63) is 71.2 Å². The minimum absolute atomic E-state index is 0.0149. The van der Waals surface area contributed by atoms with E-state index in [0.29, 0.717) is 5.65 Å². The van der Waals surface area contributed by atoms with E-state index in [0.717, 1.165) is 5.56 Å². The summed E-state index contributed by atoms with van der Waals surface area (Å²) < 4.78 is 25.3. The van der Waals surface area contributed by atoms with Gasteiger partial charge in [0.15, 0.2) is 5.75 Å². The van der Waals surface area contributed by atoms with E-state index in [2.05, 4.69) is 5.32 Å². The third kappa shape index (κ3) is 6.97. The van der Waals surface area contributed by atoms with Crippen molar-refractivity contribution in [2.75, 3.05) is 12.4 Å². The highest BCUT2D eigenvalue weighted by Crippen LogP contribution is 2.54. The number of aliphatic hydroxyl groups excluding tert-OH is 2.